The lowest BCUT2D eigenvalue weighted by atomic mass is 9.81. The van der Waals surface area contributed by atoms with Gasteiger partial charge in [-0.2, -0.15) is 18.3 Å². The fourth-order valence-electron chi connectivity index (χ4n) is 4.74. The van der Waals surface area contributed by atoms with Crippen LogP contribution in [-0.4, -0.2) is 75.1 Å². The standard InChI is InChI=1S/C22H29F3N4O4S/c1-13-7-21(19-15(17(31)12-33-21)6-18(34-19)22(23,24)25)4-5-28(13)9-14-8-26-29(10-14)11-16(30)20(32)27(2)3/h6,8,10,13,16-17,30-31H,4-5,7,9,11-12H2,1-3H3/t13-,16-,17+,21+/m0/s1. The van der Waals surface area contributed by atoms with Crippen LogP contribution in [0.4, 0.5) is 13.2 Å². The van der Waals surface area contributed by atoms with E-state index in [1.165, 1.54) is 9.58 Å². The van der Waals surface area contributed by atoms with Crippen LogP contribution in [0.5, 0.6) is 0 Å². The second-order valence-electron chi connectivity index (χ2n) is 9.31. The van der Waals surface area contributed by atoms with Crippen LogP contribution in [0, 0.1) is 0 Å². The van der Waals surface area contributed by atoms with E-state index in [9.17, 15) is 28.2 Å². The molecule has 12 heteroatoms. The van der Waals surface area contributed by atoms with Gasteiger partial charge in [0, 0.05) is 55.4 Å². The number of likely N-dealkylation sites (N-methyl/N-ethyl adjacent to an activating group) is 1. The Balaban J connectivity index is 1.44. The zero-order valence-electron chi connectivity index (χ0n) is 19.2. The molecule has 2 aliphatic heterocycles. The highest BCUT2D eigenvalue weighted by molar-refractivity contribution is 7.12. The van der Waals surface area contributed by atoms with E-state index >= 15 is 0 Å². The van der Waals surface area contributed by atoms with Crippen molar-refractivity contribution in [3.8, 4) is 0 Å². The van der Waals surface area contributed by atoms with Crippen LogP contribution in [0.1, 0.15) is 46.8 Å². The molecule has 0 aliphatic carbocycles. The Morgan fingerprint density at radius 1 is 1.44 bits per heavy atom. The molecule has 8 nitrogen and oxygen atoms in total. The van der Waals surface area contributed by atoms with Crippen molar-refractivity contribution in [3.63, 3.8) is 0 Å². The number of alkyl halides is 3. The van der Waals surface area contributed by atoms with Crippen molar-refractivity contribution in [1.29, 1.82) is 0 Å². The van der Waals surface area contributed by atoms with Crippen molar-refractivity contribution >= 4 is 17.2 Å². The quantitative estimate of drug-likeness (QED) is 0.653. The number of carbonyl (C=O) groups excluding carboxylic acids is 1. The minimum atomic E-state index is -4.46. The highest BCUT2D eigenvalue weighted by Crippen LogP contribution is 2.51. The number of hydrogen-bond acceptors (Lipinski definition) is 7. The molecule has 1 spiro atoms. The summed E-state index contributed by atoms with van der Waals surface area (Å²) in [5.74, 6) is -0.397. The summed E-state index contributed by atoms with van der Waals surface area (Å²) in [4.78, 5) is 15.2. The number of rotatable bonds is 5. The van der Waals surface area contributed by atoms with Gasteiger partial charge in [-0.1, -0.05) is 0 Å². The Morgan fingerprint density at radius 3 is 2.82 bits per heavy atom. The Bertz CT molecular complexity index is 1040. The summed E-state index contributed by atoms with van der Waals surface area (Å²) in [5, 5.41) is 24.5. The van der Waals surface area contributed by atoms with Crippen LogP contribution < -0.4 is 0 Å². The Kier molecular flexibility index (Phi) is 6.82. The molecule has 0 saturated carbocycles. The predicted octanol–water partition coefficient (Wildman–Crippen LogP) is 2.36. The molecule has 2 N–H and O–H groups in total. The van der Waals surface area contributed by atoms with Gasteiger partial charge in [-0.3, -0.25) is 14.4 Å². The van der Waals surface area contributed by atoms with Crippen molar-refractivity contribution in [2.24, 2.45) is 0 Å². The lowest BCUT2D eigenvalue weighted by Gasteiger charge is -2.47. The zero-order chi connectivity index (χ0) is 24.8. The van der Waals surface area contributed by atoms with E-state index in [4.69, 9.17) is 4.74 Å². The van der Waals surface area contributed by atoms with Crippen LogP contribution in [0.2, 0.25) is 0 Å². The molecule has 34 heavy (non-hydrogen) atoms. The number of amides is 1. The van der Waals surface area contributed by atoms with E-state index in [2.05, 4.69) is 10.00 Å². The molecular weight excluding hydrogens is 473 g/mol. The third-order valence-corrected chi connectivity index (χ3v) is 7.92. The van der Waals surface area contributed by atoms with Gasteiger partial charge in [-0.05, 0) is 25.8 Å². The predicted molar refractivity (Wildman–Crippen MR) is 118 cm³/mol. The monoisotopic (exact) mass is 502 g/mol. The summed E-state index contributed by atoms with van der Waals surface area (Å²) in [6, 6.07) is 1.08. The molecule has 1 amide bonds. The first-order valence-electron chi connectivity index (χ1n) is 11.1. The van der Waals surface area contributed by atoms with E-state index in [0.29, 0.717) is 47.7 Å². The fourth-order valence-corrected chi connectivity index (χ4v) is 6.01. The van der Waals surface area contributed by atoms with Crippen LogP contribution >= 0.6 is 11.3 Å². The number of aromatic nitrogens is 2. The summed E-state index contributed by atoms with van der Waals surface area (Å²) in [5.41, 5.74) is 0.402. The van der Waals surface area contributed by atoms with Gasteiger partial charge in [-0.15, -0.1) is 11.3 Å². The number of piperidine rings is 1. The molecule has 4 heterocycles. The van der Waals surface area contributed by atoms with Crippen LogP contribution in [0.25, 0.3) is 0 Å². The summed E-state index contributed by atoms with van der Waals surface area (Å²) in [6.07, 6.45) is -2.21. The van der Waals surface area contributed by atoms with Crippen LogP contribution in [-0.2, 0) is 34.4 Å². The number of hydrogen-bond donors (Lipinski definition) is 2. The van der Waals surface area contributed by atoms with E-state index in [1.54, 1.807) is 26.5 Å². The largest absolute Gasteiger partial charge is 0.425 e. The second-order valence-corrected chi connectivity index (χ2v) is 10.4. The first-order valence-corrected chi connectivity index (χ1v) is 11.9. The molecule has 0 bridgehead atoms. The summed E-state index contributed by atoms with van der Waals surface area (Å²) in [7, 11) is 3.15. The summed E-state index contributed by atoms with van der Waals surface area (Å²) in [6.45, 7) is 3.21. The first kappa shape index (κ1) is 25.1. The first-order chi connectivity index (χ1) is 15.9. The SMILES string of the molecule is C[C@H]1C[C@@]2(CCN1Cc1cnn(C[C@H](O)C(=O)N(C)C)c1)OC[C@@H](O)c1cc(C(F)(F)F)sc12. The molecular formula is C22H29F3N4O4S. The normalized spacial score (nSPS) is 26.5. The molecule has 2 aliphatic rings. The number of ether oxygens (including phenoxy) is 1. The second kappa shape index (κ2) is 9.23. The van der Waals surface area contributed by atoms with E-state index in [-0.39, 0.29) is 19.2 Å². The Hall–Kier alpha value is -1.99. The number of carbonyl (C=O) groups is 1. The van der Waals surface area contributed by atoms with E-state index < -0.39 is 34.8 Å². The fraction of sp³-hybridized carbons (Fsp3) is 0.636. The van der Waals surface area contributed by atoms with Gasteiger partial charge < -0.3 is 19.8 Å². The highest BCUT2D eigenvalue weighted by Gasteiger charge is 2.48. The van der Waals surface area contributed by atoms with Crippen molar-refractivity contribution in [1.82, 2.24) is 19.6 Å². The Labute approximate surface area is 199 Å². The maximum absolute atomic E-state index is 13.3. The smallest absolute Gasteiger partial charge is 0.386 e. The van der Waals surface area contributed by atoms with Gasteiger partial charge in [0.2, 0.25) is 0 Å². The number of fused-ring (bicyclic) bond motifs is 2. The van der Waals surface area contributed by atoms with Gasteiger partial charge in [0.15, 0.2) is 6.10 Å². The molecule has 0 unspecified atom stereocenters. The number of likely N-dealkylation sites (tertiary alicyclic amines) is 1. The molecule has 2 aromatic rings. The van der Waals surface area contributed by atoms with Crippen LogP contribution in [0.3, 0.4) is 0 Å². The summed E-state index contributed by atoms with van der Waals surface area (Å²) < 4.78 is 47.6. The zero-order valence-corrected chi connectivity index (χ0v) is 20.1. The lowest BCUT2D eigenvalue weighted by molar-refractivity contribution is -0.139. The average Bonchev–Trinajstić information content (AvgIpc) is 3.40. The van der Waals surface area contributed by atoms with Gasteiger partial charge >= 0.3 is 6.18 Å². The molecule has 4 atom stereocenters. The maximum Gasteiger partial charge on any atom is 0.425 e. The highest BCUT2D eigenvalue weighted by atomic mass is 32.1. The topological polar surface area (TPSA) is 91.1 Å². The molecule has 2 aromatic heterocycles. The van der Waals surface area contributed by atoms with Gasteiger partial charge in [0.1, 0.15) is 16.6 Å². The number of thiophene rings is 1. The number of aliphatic hydroxyl groups excluding tert-OH is 2. The minimum Gasteiger partial charge on any atom is -0.386 e. The van der Waals surface area contributed by atoms with E-state index in [0.717, 1.165) is 11.6 Å². The molecule has 4 rings (SSSR count). The number of halogens is 3. The summed E-state index contributed by atoms with van der Waals surface area (Å²) >= 11 is 0.675. The molecule has 1 saturated heterocycles. The lowest BCUT2D eigenvalue weighted by Crippen LogP contribution is -2.50. The average molecular weight is 503 g/mol. The molecule has 0 aromatic carbocycles. The van der Waals surface area contributed by atoms with Crippen molar-refractivity contribution < 1.29 is 32.9 Å². The van der Waals surface area contributed by atoms with Crippen LogP contribution in [0.15, 0.2) is 18.5 Å². The molecule has 0 radical (unpaired) electrons. The molecule has 188 valence electrons. The van der Waals surface area contributed by atoms with Gasteiger partial charge in [0.25, 0.3) is 5.91 Å². The minimum absolute atomic E-state index is 0.0116. The van der Waals surface area contributed by atoms with E-state index in [1.807, 2.05) is 6.92 Å². The van der Waals surface area contributed by atoms with Gasteiger partial charge in [-0.25, -0.2) is 0 Å². The number of aliphatic hydroxyl groups is 2. The Morgan fingerprint density at radius 2 is 2.18 bits per heavy atom. The third kappa shape index (κ3) is 4.87. The van der Waals surface area contributed by atoms with Crippen molar-refractivity contribution in [2.45, 2.75) is 62.9 Å². The van der Waals surface area contributed by atoms with Crippen molar-refractivity contribution in [2.75, 3.05) is 27.2 Å². The third-order valence-electron chi connectivity index (χ3n) is 6.54. The van der Waals surface area contributed by atoms with Gasteiger partial charge in [0.05, 0.1) is 19.3 Å². The number of nitrogens with zero attached hydrogens (tertiary/aromatic N) is 4. The maximum atomic E-state index is 13.3. The van der Waals surface area contributed by atoms with Crippen molar-refractivity contribution in [3.05, 3.63) is 39.3 Å². The molecule has 1 fully saturated rings.